The van der Waals surface area contributed by atoms with Gasteiger partial charge in [-0.2, -0.15) is 0 Å². The zero-order valence-corrected chi connectivity index (χ0v) is 17.7. The zero-order chi connectivity index (χ0) is 21.2. The molecule has 2 amide bonds. The van der Waals surface area contributed by atoms with Gasteiger partial charge in [-0.05, 0) is 32.3 Å². The highest BCUT2D eigenvalue weighted by Crippen LogP contribution is 2.12. The van der Waals surface area contributed by atoms with Gasteiger partial charge in [-0.1, -0.05) is 44.2 Å². The summed E-state index contributed by atoms with van der Waals surface area (Å²) < 4.78 is 11.0. The van der Waals surface area contributed by atoms with Crippen molar-refractivity contribution in [2.45, 2.75) is 65.8 Å². The molecule has 0 aliphatic carbocycles. The van der Waals surface area contributed by atoms with Crippen molar-refractivity contribution in [2.75, 3.05) is 6.61 Å². The first-order valence-corrected chi connectivity index (χ1v) is 10.1. The number of benzene rings is 1. The van der Waals surface area contributed by atoms with Crippen molar-refractivity contribution in [1.29, 1.82) is 0 Å². The number of hydrogen-bond acceptors (Lipinski definition) is 5. The van der Waals surface area contributed by atoms with Crippen molar-refractivity contribution in [3.8, 4) is 0 Å². The average Bonchev–Trinajstić information content (AvgIpc) is 3.21. The van der Waals surface area contributed by atoms with Crippen LogP contribution in [0.2, 0.25) is 0 Å². The van der Waals surface area contributed by atoms with Crippen molar-refractivity contribution >= 4 is 11.8 Å². The Balaban J connectivity index is 1.96. The Hall–Kier alpha value is -2.67. The fourth-order valence-corrected chi connectivity index (χ4v) is 2.66. The number of nitrogens with one attached hydrogen (secondary N) is 1. The van der Waals surface area contributed by atoms with Gasteiger partial charge in [0.25, 0.3) is 5.91 Å². The second kappa shape index (κ2) is 11.4. The lowest BCUT2D eigenvalue weighted by atomic mass is 10.2. The monoisotopic (exact) mass is 401 g/mol. The van der Waals surface area contributed by atoms with E-state index in [-0.39, 0.29) is 42.7 Å². The van der Waals surface area contributed by atoms with E-state index in [1.807, 2.05) is 58.0 Å². The lowest BCUT2D eigenvalue weighted by molar-refractivity contribution is -0.139. The molecule has 1 aromatic carbocycles. The lowest BCUT2D eigenvalue weighted by Crippen LogP contribution is -2.40. The Labute approximate surface area is 172 Å². The van der Waals surface area contributed by atoms with Gasteiger partial charge in [0.05, 0.1) is 13.2 Å². The van der Waals surface area contributed by atoms with E-state index in [1.165, 1.54) is 6.26 Å². The molecule has 0 saturated carbocycles. The molecule has 0 saturated heterocycles. The van der Waals surface area contributed by atoms with Gasteiger partial charge in [0.15, 0.2) is 5.69 Å². The van der Waals surface area contributed by atoms with Gasteiger partial charge in [-0.25, -0.2) is 4.98 Å². The molecule has 7 heteroatoms. The number of amides is 2. The van der Waals surface area contributed by atoms with Gasteiger partial charge in [0.1, 0.15) is 12.9 Å². The molecule has 0 spiro atoms. The summed E-state index contributed by atoms with van der Waals surface area (Å²) in [6.45, 7) is 8.44. The minimum atomic E-state index is -0.276. The summed E-state index contributed by atoms with van der Waals surface area (Å²) >= 11 is 0. The number of aromatic nitrogens is 1. The topological polar surface area (TPSA) is 84.7 Å². The predicted molar refractivity (Wildman–Crippen MR) is 110 cm³/mol. The molecule has 1 heterocycles. The first-order chi connectivity index (χ1) is 13.9. The van der Waals surface area contributed by atoms with Crippen LogP contribution in [0.3, 0.4) is 0 Å². The van der Waals surface area contributed by atoms with Crippen LogP contribution in [0.4, 0.5) is 0 Å². The molecule has 0 fully saturated rings. The molecule has 0 aliphatic rings. The third-order valence-electron chi connectivity index (χ3n) is 4.86. The van der Waals surface area contributed by atoms with Crippen LogP contribution in [0.15, 0.2) is 41.0 Å². The second-order valence-electron chi connectivity index (χ2n) is 7.17. The molecule has 29 heavy (non-hydrogen) atoms. The van der Waals surface area contributed by atoms with Gasteiger partial charge < -0.3 is 19.4 Å². The van der Waals surface area contributed by atoms with Crippen LogP contribution in [-0.4, -0.2) is 40.4 Å². The highest BCUT2D eigenvalue weighted by molar-refractivity contribution is 5.92. The SMILES string of the molecule is CC[C@@H](C)N(Cc1nc(C(=O)N[C@@H](C)CC)co1)C(=O)COCc1ccccc1. The fraction of sp³-hybridized carbons (Fsp3) is 0.500. The highest BCUT2D eigenvalue weighted by atomic mass is 16.5. The number of rotatable bonds is 11. The summed E-state index contributed by atoms with van der Waals surface area (Å²) in [7, 11) is 0. The number of carbonyl (C=O) groups excluding carboxylic acids is 2. The molecule has 2 aromatic rings. The van der Waals surface area contributed by atoms with E-state index in [4.69, 9.17) is 9.15 Å². The van der Waals surface area contributed by atoms with Crippen LogP contribution < -0.4 is 5.32 Å². The maximum Gasteiger partial charge on any atom is 0.273 e. The van der Waals surface area contributed by atoms with Crippen molar-refractivity contribution in [2.24, 2.45) is 0 Å². The average molecular weight is 402 g/mol. The van der Waals surface area contributed by atoms with Crippen LogP contribution in [0.25, 0.3) is 0 Å². The van der Waals surface area contributed by atoms with Gasteiger partial charge >= 0.3 is 0 Å². The highest BCUT2D eigenvalue weighted by Gasteiger charge is 2.22. The van der Waals surface area contributed by atoms with Crippen molar-refractivity contribution in [3.05, 3.63) is 53.7 Å². The Morgan fingerprint density at radius 2 is 1.90 bits per heavy atom. The molecular formula is C22H31N3O4. The molecule has 0 bridgehead atoms. The van der Waals surface area contributed by atoms with Gasteiger partial charge in [0, 0.05) is 12.1 Å². The normalized spacial score (nSPS) is 13.0. The Morgan fingerprint density at radius 3 is 2.55 bits per heavy atom. The minimum Gasteiger partial charge on any atom is -0.446 e. The first-order valence-electron chi connectivity index (χ1n) is 10.1. The summed E-state index contributed by atoms with van der Waals surface area (Å²) in [4.78, 5) is 30.8. The second-order valence-corrected chi connectivity index (χ2v) is 7.17. The summed E-state index contributed by atoms with van der Waals surface area (Å²) in [6, 6.07) is 9.76. The molecule has 2 rings (SSSR count). The van der Waals surface area contributed by atoms with E-state index in [1.54, 1.807) is 4.90 Å². The quantitative estimate of drug-likeness (QED) is 0.622. The van der Waals surface area contributed by atoms with Gasteiger partial charge in [-0.15, -0.1) is 0 Å². The maximum absolute atomic E-state index is 12.7. The standard InChI is InChI=1S/C22H31N3O4/c1-5-16(3)23-22(27)19-14-29-20(24-19)12-25(17(4)6-2)21(26)15-28-13-18-10-8-7-9-11-18/h7-11,14,16-17H,5-6,12-13,15H2,1-4H3,(H,23,27)/t16-,17+/m0/s1. The summed E-state index contributed by atoms with van der Waals surface area (Å²) in [6.07, 6.45) is 2.94. The Morgan fingerprint density at radius 1 is 1.17 bits per heavy atom. The predicted octanol–water partition coefficient (Wildman–Crippen LogP) is 3.55. The third kappa shape index (κ3) is 7.02. The molecule has 1 aromatic heterocycles. The van der Waals surface area contributed by atoms with Gasteiger partial charge in [0.2, 0.25) is 11.8 Å². The number of carbonyl (C=O) groups is 2. The molecule has 158 valence electrons. The van der Waals surface area contributed by atoms with E-state index < -0.39 is 0 Å². The molecule has 0 unspecified atom stereocenters. The van der Waals surface area contributed by atoms with E-state index in [0.717, 1.165) is 18.4 Å². The number of ether oxygens (including phenoxy) is 1. The van der Waals surface area contributed by atoms with Crippen molar-refractivity contribution in [1.82, 2.24) is 15.2 Å². The van der Waals surface area contributed by atoms with Crippen LogP contribution in [0, 0.1) is 0 Å². The van der Waals surface area contributed by atoms with Crippen LogP contribution >= 0.6 is 0 Å². The Kier molecular flexibility index (Phi) is 8.86. The van der Waals surface area contributed by atoms with E-state index >= 15 is 0 Å². The largest absolute Gasteiger partial charge is 0.446 e. The van der Waals surface area contributed by atoms with Gasteiger partial charge in [-0.3, -0.25) is 9.59 Å². The number of nitrogens with zero attached hydrogens (tertiary/aromatic N) is 2. The summed E-state index contributed by atoms with van der Waals surface area (Å²) in [5, 5.41) is 2.85. The van der Waals surface area contributed by atoms with Crippen LogP contribution in [-0.2, 0) is 22.7 Å². The zero-order valence-electron chi connectivity index (χ0n) is 17.7. The molecule has 1 N–H and O–H groups in total. The van der Waals surface area contributed by atoms with E-state index in [0.29, 0.717) is 12.5 Å². The van der Waals surface area contributed by atoms with E-state index in [9.17, 15) is 9.59 Å². The third-order valence-corrected chi connectivity index (χ3v) is 4.86. The van der Waals surface area contributed by atoms with Crippen LogP contribution in [0.1, 0.15) is 62.5 Å². The Bertz CT molecular complexity index is 775. The summed E-state index contributed by atoms with van der Waals surface area (Å²) in [5.74, 6) is -0.0861. The number of hydrogen-bond donors (Lipinski definition) is 1. The van der Waals surface area contributed by atoms with Crippen molar-refractivity contribution in [3.63, 3.8) is 0 Å². The molecule has 0 radical (unpaired) electrons. The molecular weight excluding hydrogens is 370 g/mol. The van der Waals surface area contributed by atoms with Crippen molar-refractivity contribution < 1.29 is 18.7 Å². The number of oxazole rings is 1. The maximum atomic E-state index is 12.7. The molecule has 2 atom stereocenters. The smallest absolute Gasteiger partial charge is 0.273 e. The van der Waals surface area contributed by atoms with Crippen LogP contribution in [0.5, 0.6) is 0 Å². The minimum absolute atomic E-state index is 0.00730. The lowest BCUT2D eigenvalue weighted by Gasteiger charge is -2.27. The fourth-order valence-electron chi connectivity index (χ4n) is 2.66. The summed E-state index contributed by atoms with van der Waals surface area (Å²) in [5.41, 5.74) is 1.23. The molecule has 7 nitrogen and oxygen atoms in total. The first kappa shape index (κ1) is 22.6. The molecule has 0 aliphatic heterocycles. The van der Waals surface area contributed by atoms with E-state index in [2.05, 4.69) is 10.3 Å².